The number of nitrogens with one attached hydrogen (secondary N) is 1. The van der Waals surface area contributed by atoms with Crippen molar-refractivity contribution in [2.24, 2.45) is 0 Å². The maximum absolute atomic E-state index is 11.9. The summed E-state index contributed by atoms with van der Waals surface area (Å²) >= 11 is 3.50. The summed E-state index contributed by atoms with van der Waals surface area (Å²) in [5.74, 6) is 1.40. The Morgan fingerprint density at radius 3 is 2.33 bits per heavy atom. The summed E-state index contributed by atoms with van der Waals surface area (Å²) < 4.78 is 12.0. The molecule has 0 aliphatic carbocycles. The van der Waals surface area contributed by atoms with Crippen LogP contribution in [0, 0.1) is 0 Å². The van der Waals surface area contributed by atoms with Crippen molar-refractivity contribution in [1.29, 1.82) is 0 Å². The minimum atomic E-state index is 0.0239. The summed E-state index contributed by atoms with van der Waals surface area (Å²) in [7, 11) is 0. The van der Waals surface area contributed by atoms with Crippen LogP contribution >= 0.6 is 15.9 Å². The quantitative estimate of drug-likeness (QED) is 0.685. The molecule has 0 aliphatic rings. The normalized spacial score (nSPS) is 10.3. The minimum absolute atomic E-state index is 0.0239. The van der Waals surface area contributed by atoms with Crippen LogP contribution in [0.15, 0.2) is 16.6 Å². The molecule has 0 aliphatic heterocycles. The van der Waals surface area contributed by atoms with E-state index in [0.717, 1.165) is 29.4 Å². The van der Waals surface area contributed by atoms with Gasteiger partial charge in [-0.1, -0.05) is 29.3 Å². The highest BCUT2D eigenvalue weighted by atomic mass is 79.9. The molecule has 0 bridgehead atoms. The lowest BCUT2D eigenvalue weighted by atomic mass is 10.1. The summed E-state index contributed by atoms with van der Waals surface area (Å²) in [4.78, 5) is 11.9. The minimum Gasteiger partial charge on any atom is -0.490 e. The first-order valence-corrected chi connectivity index (χ1v) is 8.26. The highest BCUT2D eigenvalue weighted by molar-refractivity contribution is 9.10. The fourth-order valence-corrected chi connectivity index (χ4v) is 2.35. The SMILES string of the molecule is CCCCNC(=O)Cc1cc(OCC)c(OCC)cc1Br. The predicted molar refractivity (Wildman–Crippen MR) is 88.1 cm³/mol. The van der Waals surface area contributed by atoms with Crippen molar-refractivity contribution in [3.8, 4) is 11.5 Å². The summed E-state index contributed by atoms with van der Waals surface area (Å²) in [5, 5.41) is 2.92. The van der Waals surface area contributed by atoms with Gasteiger partial charge in [-0.05, 0) is 38.0 Å². The number of ether oxygens (including phenoxy) is 2. The number of amides is 1. The zero-order valence-electron chi connectivity index (χ0n) is 13.0. The van der Waals surface area contributed by atoms with Crippen molar-refractivity contribution in [3.63, 3.8) is 0 Å². The van der Waals surface area contributed by atoms with E-state index < -0.39 is 0 Å². The van der Waals surface area contributed by atoms with E-state index in [1.54, 1.807) is 0 Å². The van der Waals surface area contributed by atoms with E-state index in [1.807, 2.05) is 26.0 Å². The van der Waals surface area contributed by atoms with Gasteiger partial charge in [-0.2, -0.15) is 0 Å². The fourth-order valence-electron chi connectivity index (χ4n) is 1.89. The molecule has 118 valence electrons. The molecule has 1 amide bonds. The molecule has 1 aromatic rings. The summed E-state index contributed by atoms with van der Waals surface area (Å²) in [6.07, 6.45) is 2.40. The van der Waals surface area contributed by atoms with E-state index in [1.165, 1.54) is 0 Å². The zero-order valence-corrected chi connectivity index (χ0v) is 14.6. The Hall–Kier alpha value is -1.23. The van der Waals surface area contributed by atoms with E-state index in [4.69, 9.17) is 9.47 Å². The molecule has 1 N–H and O–H groups in total. The van der Waals surface area contributed by atoms with Crippen molar-refractivity contribution in [1.82, 2.24) is 5.32 Å². The summed E-state index contributed by atoms with van der Waals surface area (Å²) in [6, 6.07) is 3.74. The molecule has 0 radical (unpaired) electrons. The molecule has 0 heterocycles. The number of benzene rings is 1. The van der Waals surface area contributed by atoms with E-state index in [-0.39, 0.29) is 5.91 Å². The van der Waals surface area contributed by atoms with E-state index >= 15 is 0 Å². The van der Waals surface area contributed by atoms with Gasteiger partial charge in [-0.15, -0.1) is 0 Å². The number of hydrogen-bond donors (Lipinski definition) is 1. The maximum Gasteiger partial charge on any atom is 0.224 e. The number of hydrogen-bond acceptors (Lipinski definition) is 3. The second kappa shape index (κ2) is 9.66. The van der Waals surface area contributed by atoms with Gasteiger partial charge in [-0.25, -0.2) is 0 Å². The molecule has 21 heavy (non-hydrogen) atoms. The molecule has 0 atom stereocenters. The van der Waals surface area contributed by atoms with Crippen LogP contribution in [0.1, 0.15) is 39.2 Å². The van der Waals surface area contributed by atoms with Gasteiger partial charge in [0.1, 0.15) is 0 Å². The number of carbonyl (C=O) groups excluding carboxylic acids is 1. The van der Waals surface area contributed by atoms with Crippen LogP contribution in [0.3, 0.4) is 0 Å². The third-order valence-electron chi connectivity index (χ3n) is 2.92. The van der Waals surface area contributed by atoms with Crippen molar-refractivity contribution in [2.45, 2.75) is 40.0 Å². The van der Waals surface area contributed by atoms with Gasteiger partial charge in [-0.3, -0.25) is 4.79 Å². The highest BCUT2D eigenvalue weighted by Gasteiger charge is 2.13. The Kier molecular flexibility index (Phi) is 8.20. The third-order valence-corrected chi connectivity index (χ3v) is 3.65. The molecule has 0 fully saturated rings. The number of rotatable bonds is 9. The van der Waals surface area contributed by atoms with Crippen LogP contribution in [0.4, 0.5) is 0 Å². The van der Waals surface area contributed by atoms with Gasteiger partial charge in [0.15, 0.2) is 11.5 Å². The Morgan fingerprint density at radius 2 is 1.76 bits per heavy atom. The monoisotopic (exact) mass is 357 g/mol. The lowest BCUT2D eigenvalue weighted by Gasteiger charge is -2.14. The molecular weight excluding hydrogens is 334 g/mol. The Labute approximate surface area is 135 Å². The third kappa shape index (κ3) is 5.96. The zero-order chi connectivity index (χ0) is 15.7. The van der Waals surface area contributed by atoms with E-state index in [0.29, 0.717) is 31.1 Å². The van der Waals surface area contributed by atoms with E-state index in [9.17, 15) is 4.79 Å². The predicted octanol–water partition coefficient (Wildman–Crippen LogP) is 3.71. The van der Waals surface area contributed by atoms with Crippen LogP contribution in [0.5, 0.6) is 11.5 Å². The van der Waals surface area contributed by atoms with Gasteiger partial charge < -0.3 is 14.8 Å². The second-order valence-electron chi connectivity index (χ2n) is 4.64. The molecular formula is C16H24BrNO3. The Morgan fingerprint density at radius 1 is 1.14 bits per heavy atom. The van der Waals surface area contributed by atoms with Crippen LogP contribution in [0.25, 0.3) is 0 Å². The van der Waals surface area contributed by atoms with Crippen molar-refractivity contribution in [2.75, 3.05) is 19.8 Å². The lowest BCUT2D eigenvalue weighted by molar-refractivity contribution is -0.120. The van der Waals surface area contributed by atoms with Crippen LogP contribution in [-0.4, -0.2) is 25.7 Å². The fraction of sp³-hybridized carbons (Fsp3) is 0.562. The topological polar surface area (TPSA) is 47.6 Å². The maximum atomic E-state index is 11.9. The van der Waals surface area contributed by atoms with Crippen molar-refractivity contribution < 1.29 is 14.3 Å². The van der Waals surface area contributed by atoms with Gasteiger partial charge in [0.05, 0.1) is 19.6 Å². The first-order valence-electron chi connectivity index (χ1n) is 7.47. The second-order valence-corrected chi connectivity index (χ2v) is 5.49. The molecule has 1 rings (SSSR count). The largest absolute Gasteiger partial charge is 0.490 e. The molecule has 0 saturated carbocycles. The number of carbonyl (C=O) groups is 1. The van der Waals surface area contributed by atoms with Gasteiger partial charge >= 0.3 is 0 Å². The first-order chi connectivity index (χ1) is 10.1. The Bertz CT molecular complexity index is 463. The van der Waals surface area contributed by atoms with Crippen LogP contribution in [-0.2, 0) is 11.2 Å². The van der Waals surface area contributed by atoms with Crippen molar-refractivity contribution in [3.05, 3.63) is 22.2 Å². The standard InChI is InChI=1S/C16H24BrNO3/c1-4-7-8-18-16(19)10-12-9-14(20-5-2)15(21-6-3)11-13(12)17/h9,11H,4-8,10H2,1-3H3,(H,18,19). The average molecular weight is 358 g/mol. The first kappa shape index (κ1) is 17.8. The molecule has 5 heteroatoms. The molecule has 0 aromatic heterocycles. The highest BCUT2D eigenvalue weighted by Crippen LogP contribution is 2.34. The molecule has 0 saturated heterocycles. The van der Waals surface area contributed by atoms with Crippen LogP contribution < -0.4 is 14.8 Å². The molecule has 0 unspecified atom stereocenters. The van der Waals surface area contributed by atoms with Gasteiger partial charge in [0.2, 0.25) is 5.91 Å². The smallest absolute Gasteiger partial charge is 0.224 e. The molecule has 1 aromatic carbocycles. The summed E-state index contributed by atoms with van der Waals surface area (Å²) in [6.45, 7) is 7.81. The average Bonchev–Trinajstić information content (AvgIpc) is 2.44. The number of unbranched alkanes of at least 4 members (excludes halogenated alkanes) is 1. The molecule has 4 nitrogen and oxygen atoms in total. The van der Waals surface area contributed by atoms with Crippen molar-refractivity contribution >= 4 is 21.8 Å². The van der Waals surface area contributed by atoms with E-state index in [2.05, 4.69) is 28.2 Å². The molecule has 0 spiro atoms. The summed E-state index contributed by atoms with van der Waals surface area (Å²) in [5.41, 5.74) is 0.899. The Balaban J connectivity index is 2.81. The van der Waals surface area contributed by atoms with Gasteiger partial charge in [0.25, 0.3) is 0 Å². The van der Waals surface area contributed by atoms with Gasteiger partial charge in [0, 0.05) is 11.0 Å². The number of halogens is 1. The van der Waals surface area contributed by atoms with Crippen LogP contribution in [0.2, 0.25) is 0 Å². The lowest BCUT2D eigenvalue weighted by Crippen LogP contribution is -2.26.